The van der Waals surface area contributed by atoms with Crippen LogP contribution in [0.1, 0.15) is 46.6 Å². The van der Waals surface area contributed by atoms with Gasteiger partial charge in [0.1, 0.15) is 34.5 Å². The topological polar surface area (TPSA) is 141 Å². The van der Waals surface area contributed by atoms with Gasteiger partial charge >= 0.3 is 0 Å². The molecule has 0 radical (unpaired) electrons. The van der Waals surface area contributed by atoms with Crippen molar-refractivity contribution in [2.75, 3.05) is 45.3 Å². The van der Waals surface area contributed by atoms with Crippen LogP contribution in [0.5, 0.6) is 34.5 Å². The van der Waals surface area contributed by atoms with E-state index in [9.17, 15) is 24.3 Å². The van der Waals surface area contributed by atoms with E-state index in [-0.39, 0.29) is 42.2 Å². The summed E-state index contributed by atoms with van der Waals surface area (Å²) >= 11 is 0. The average molecular weight is 873 g/mol. The molecule has 0 aromatic heterocycles. The normalized spacial score (nSPS) is 22.5. The number of methoxy groups -OCH3 is 5. The highest BCUT2D eigenvalue weighted by molar-refractivity contribution is 6.24. The van der Waals surface area contributed by atoms with Crippen LogP contribution in [0, 0.1) is 29.6 Å². The number of ether oxygens (including phenoxy) is 5. The first-order chi connectivity index (χ1) is 31.6. The molecule has 12 heteroatoms. The predicted molar refractivity (Wildman–Crippen MR) is 247 cm³/mol. The van der Waals surface area contributed by atoms with Crippen molar-refractivity contribution in [1.29, 1.82) is 0 Å². The fourth-order valence-corrected chi connectivity index (χ4v) is 10.1. The Morgan fingerprint density at radius 1 is 0.508 bits per heavy atom. The van der Waals surface area contributed by atoms with Crippen LogP contribution in [-0.4, -0.2) is 64.3 Å². The minimum absolute atomic E-state index is 0.0892. The lowest BCUT2D eigenvalue weighted by Crippen LogP contribution is -2.43. The molecule has 330 valence electrons. The number of anilines is 2. The number of benzene rings is 5. The number of carbonyl (C=O) groups excluding carboxylic acids is 4. The second-order valence-corrected chi connectivity index (χ2v) is 16.5. The minimum Gasteiger partial charge on any atom is -0.508 e. The molecule has 4 aliphatic rings. The first-order valence-electron chi connectivity index (χ1n) is 21.4. The van der Waals surface area contributed by atoms with Crippen molar-refractivity contribution in [2.24, 2.45) is 29.6 Å². The smallest absolute Gasteiger partial charge is 0.238 e. The molecule has 5 aromatic rings. The van der Waals surface area contributed by atoms with Gasteiger partial charge in [-0.3, -0.25) is 29.0 Å². The van der Waals surface area contributed by atoms with E-state index in [1.165, 1.54) is 23.0 Å². The van der Waals surface area contributed by atoms with Crippen LogP contribution in [0.15, 0.2) is 115 Å². The van der Waals surface area contributed by atoms with E-state index in [0.717, 1.165) is 27.8 Å². The van der Waals surface area contributed by atoms with Crippen molar-refractivity contribution in [2.45, 2.75) is 18.8 Å². The maximum absolute atomic E-state index is 14.8. The summed E-state index contributed by atoms with van der Waals surface area (Å²) in [6, 6.07) is 30.3. The molecule has 1 N–H and O–H groups in total. The summed E-state index contributed by atoms with van der Waals surface area (Å²) in [4.78, 5) is 60.9. The molecular weight excluding hydrogens is 825 g/mol. The number of phenolic OH excluding ortho intramolecular Hbond substituents is 1. The molecule has 3 fully saturated rings. The van der Waals surface area contributed by atoms with Crippen molar-refractivity contribution in [3.8, 4) is 34.5 Å². The van der Waals surface area contributed by atoms with E-state index in [1.807, 2.05) is 91.0 Å². The van der Waals surface area contributed by atoms with Crippen LogP contribution in [0.25, 0.3) is 24.3 Å². The van der Waals surface area contributed by atoms with E-state index < -0.39 is 35.5 Å². The zero-order valence-electron chi connectivity index (χ0n) is 36.6. The Hall–Kier alpha value is -7.60. The van der Waals surface area contributed by atoms with Crippen molar-refractivity contribution in [3.63, 3.8) is 0 Å². The third-order valence-electron chi connectivity index (χ3n) is 13.3. The first-order valence-corrected chi connectivity index (χ1v) is 21.4. The number of aromatic hydroxyl groups is 1. The van der Waals surface area contributed by atoms with Gasteiger partial charge in [0.25, 0.3) is 0 Å². The zero-order valence-corrected chi connectivity index (χ0v) is 36.6. The number of amides is 4. The summed E-state index contributed by atoms with van der Waals surface area (Å²) in [6.07, 6.45) is 10.0. The van der Waals surface area contributed by atoms with Crippen LogP contribution in [0.2, 0.25) is 0 Å². The largest absolute Gasteiger partial charge is 0.508 e. The highest BCUT2D eigenvalue weighted by Gasteiger charge is 2.62. The van der Waals surface area contributed by atoms with Gasteiger partial charge in [-0.1, -0.05) is 66.3 Å². The maximum Gasteiger partial charge on any atom is 0.238 e. The van der Waals surface area contributed by atoms with Crippen LogP contribution in [0.3, 0.4) is 0 Å². The summed E-state index contributed by atoms with van der Waals surface area (Å²) in [7, 11) is 7.90. The van der Waals surface area contributed by atoms with E-state index in [2.05, 4.69) is 0 Å². The van der Waals surface area contributed by atoms with Gasteiger partial charge in [0.05, 0.1) is 70.6 Å². The Morgan fingerprint density at radius 2 is 0.985 bits per heavy atom. The molecule has 12 nitrogen and oxygen atoms in total. The Bertz CT molecular complexity index is 2790. The van der Waals surface area contributed by atoms with Gasteiger partial charge < -0.3 is 28.8 Å². The van der Waals surface area contributed by atoms with Gasteiger partial charge in [-0.05, 0) is 96.6 Å². The quantitative estimate of drug-likeness (QED) is 0.0735. The van der Waals surface area contributed by atoms with Gasteiger partial charge in [0, 0.05) is 28.7 Å². The number of carbonyl (C=O) groups is 4. The monoisotopic (exact) mass is 872 g/mol. The van der Waals surface area contributed by atoms with E-state index in [1.54, 1.807) is 64.8 Å². The molecule has 0 spiro atoms. The number of fused-ring (bicyclic) bond motifs is 4. The van der Waals surface area contributed by atoms with Crippen molar-refractivity contribution in [3.05, 3.63) is 143 Å². The number of hydrogen-bond acceptors (Lipinski definition) is 10. The summed E-state index contributed by atoms with van der Waals surface area (Å²) in [5.74, 6) is -2.73. The molecule has 2 heterocycles. The molecular formula is C53H48N2O10. The molecule has 6 unspecified atom stereocenters. The lowest BCUT2D eigenvalue weighted by atomic mass is 9.57. The number of hydrogen-bond donors (Lipinski definition) is 1. The van der Waals surface area contributed by atoms with Crippen molar-refractivity contribution in [1.82, 2.24) is 0 Å². The summed E-state index contributed by atoms with van der Waals surface area (Å²) < 4.78 is 27.2. The molecule has 4 amide bonds. The molecule has 65 heavy (non-hydrogen) atoms. The number of imide groups is 2. The van der Waals surface area contributed by atoms with E-state index >= 15 is 0 Å². The minimum atomic E-state index is -0.859. The Labute approximate surface area is 376 Å². The van der Waals surface area contributed by atoms with E-state index in [4.69, 9.17) is 23.7 Å². The highest BCUT2D eigenvalue weighted by Crippen LogP contribution is 2.59. The molecule has 6 atom stereocenters. The van der Waals surface area contributed by atoms with Gasteiger partial charge in [-0.2, -0.15) is 0 Å². The van der Waals surface area contributed by atoms with Gasteiger partial charge in [0.2, 0.25) is 23.6 Å². The fourth-order valence-electron chi connectivity index (χ4n) is 10.1. The molecule has 0 bridgehead atoms. The standard InChI is InChI=1S/C53H48N2O10/c1-61-36-19-24-45(64-4)32(26-36)12-6-30-8-14-34(15-9-30)54-50(57)41-23-22-39-42(48(41)52(54)59)29-43-49(47(39)40-21-18-38(63-3)28-44(40)56)53(60)55(51(43)58)35-16-10-31(11-17-35)7-13-33-27-37(62-2)20-25-46(33)65-5/h6-22,24-28,41-43,47-49,56H,23,29H2,1-5H3. The Morgan fingerprint density at radius 3 is 1.48 bits per heavy atom. The molecule has 5 aromatic carbocycles. The number of rotatable bonds is 12. The van der Waals surface area contributed by atoms with Crippen LogP contribution in [-0.2, 0) is 19.2 Å². The van der Waals surface area contributed by atoms with Crippen molar-refractivity contribution >= 4 is 59.3 Å². The molecule has 2 saturated heterocycles. The summed E-state index contributed by atoms with van der Waals surface area (Å²) in [5.41, 5.74) is 5.40. The van der Waals surface area contributed by atoms with Gasteiger partial charge in [-0.25, -0.2) is 0 Å². The van der Waals surface area contributed by atoms with Gasteiger partial charge in [0.15, 0.2) is 0 Å². The molecule has 2 aliphatic heterocycles. The molecule has 9 rings (SSSR count). The average Bonchev–Trinajstić information content (AvgIpc) is 3.75. The number of phenols is 1. The van der Waals surface area contributed by atoms with Crippen molar-refractivity contribution < 1.29 is 48.0 Å². The van der Waals surface area contributed by atoms with Crippen LogP contribution >= 0.6 is 0 Å². The number of nitrogens with zero attached hydrogens (tertiary/aromatic N) is 2. The Kier molecular flexibility index (Phi) is 11.5. The number of allylic oxidation sites excluding steroid dienone is 2. The SMILES string of the molecule is COc1ccc(C2C3=CCC4C(=O)N(c5ccc(C=Cc6cc(OC)ccc6OC)cc5)C(=O)C4C3CC3C(=O)N(c4ccc(C=Cc5cc(OC)ccc5OC)cc4)C(=O)C32)c(O)c1. The zero-order chi connectivity index (χ0) is 45.5. The second-order valence-electron chi connectivity index (χ2n) is 16.5. The van der Waals surface area contributed by atoms with Crippen LogP contribution in [0.4, 0.5) is 11.4 Å². The summed E-state index contributed by atoms with van der Waals surface area (Å²) in [5, 5.41) is 11.5. The Balaban J connectivity index is 1.01. The fraction of sp³-hybridized carbons (Fsp3) is 0.245. The lowest BCUT2D eigenvalue weighted by Gasteiger charge is -2.44. The first kappa shape index (κ1) is 42.7. The summed E-state index contributed by atoms with van der Waals surface area (Å²) in [6.45, 7) is 0. The molecule has 1 saturated carbocycles. The third-order valence-corrected chi connectivity index (χ3v) is 13.3. The molecule has 2 aliphatic carbocycles. The third kappa shape index (κ3) is 7.58. The highest BCUT2D eigenvalue weighted by atomic mass is 16.5. The lowest BCUT2D eigenvalue weighted by molar-refractivity contribution is -0.126. The maximum atomic E-state index is 14.8. The van der Waals surface area contributed by atoms with Gasteiger partial charge in [-0.15, -0.1) is 0 Å². The predicted octanol–water partition coefficient (Wildman–Crippen LogP) is 8.82. The van der Waals surface area contributed by atoms with E-state index in [0.29, 0.717) is 45.7 Å². The van der Waals surface area contributed by atoms with Crippen LogP contribution < -0.4 is 33.5 Å². The second kappa shape index (κ2) is 17.5.